The van der Waals surface area contributed by atoms with Crippen molar-refractivity contribution in [2.24, 2.45) is 0 Å². The zero-order valence-electron chi connectivity index (χ0n) is 22.6. The third-order valence-corrected chi connectivity index (χ3v) is 7.02. The number of rotatable bonds is 5. The summed E-state index contributed by atoms with van der Waals surface area (Å²) in [5.41, 5.74) is 6.02. The van der Waals surface area contributed by atoms with E-state index in [1.165, 1.54) is 0 Å². The van der Waals surface area contributed by atoms with Crippen molar-refractivity contribution in [2.75, 3.05) is 0 Å². The first kappa shape index (κ1) is 27.1. The SMILES string of the molecule is CC.Cc1cc(C(C)[B]c2ccccc2C(=O)O)c2oc(-c3ccc4c(c3)CCCC4=O)c(C)c(=O)c2c1. The Balaban J connectivity index is 0.00000164. The maximum Gasteiger partial charge on any atom is 0.335 e. The largest absolute Gasteiger partial charge is 0.478 e. The monoisotopic (exact) mass is 507 g/mol. The van der Waals surface area contributed by atoms with Gasteiger partial charge in [0.2, 0.25) is 0 Å². The summed E-state index contributed by atoms with van der Waals surface area (Å²) >= 11 is 0. The lowest BCUT2D eigenvalue weighted by Gasteiger charge is -2.18. The molecule has 0 saturated carbocycles. The van der Waals surface area contributed by atoms with Crippen LogP contribution in [0.25, 0.3) is 22.3 Å². The standard InChI is InChI=1S/C30H26BO5.C2H6/c1-16-13-23(18(3)31-25-9-5-4-8-22(25)30(34)35)29-24(14-16)27(33)17(2)28(36-29)20-11-12-21-19(15-20)7-6-10-26(21)32;1-2/h4-5,8-9,11-15,18H,6-7,10H2,1-3H3,(H,34,35);1-2H3. The molecular formula is C32H32BO5. The Labute approximate surface area is 223 Å². The number of Topliss-reactive ketones (excluding diaryl/α,β-unsaturated/α-hetero) is 1. The van der Waals surface area contributed by atoms with Crippen molar-refractivity contribution in [3.63, 3.8) is 0 Å². The zero-order valence-corrected chi connectivity index (χ0v) is 22.6. The third kappa shape index (κ3) is 5.08. The third-order valence-electron chi connectivity index (χ3n) is 7.02. The number of hydrogen-bond donors (Lipinski definition) is 1. The average Bonchev–Trinajstić information content (AvgIpc) is 2.92. The molecule has 0 aliphatic heterocycles. The van der Waals surface area contributed by atoms with Gasteiger partial charge in [-0.1, -0.05) is 62.6 Å². The first-order chi connectivity index (χ1) is 18.2. The molecule has 0 amide bonds. The summed E-state index contributed by atoms with van der Waals surface area (Å²) in [5, 5.41) is 10.1. The van der Waals surface area contributed by atoms with E-state index in [0.717, 1.165) is 40.7 Å². The predicted molar refractivity (Wildman–Crippen MR) is 153 cm³/mol. The van der Waals surface area contributed by atoms with Gasteiger partial charge in [-0.3, -0.25) is 9.59 Å². The van der Waals surface area contributed by atoms with Gasteiger partial charge in [-0.2, -0.15) is 0 Å². The van der Waals surface area contributed by atoms with Crippen LogP contribution in [0.3, 0.4) is 0 Å². The summed E-state index contributed by atoms with van der Waals surface area (Å²) < 4.78 is 6.48. The van der Waals surface area contributed by atoms with E-state index in [1.807, 2.05) is 71.4 Å². The molecule has 1 atom stereocenters. The van der Waals surface area contributed by atoms with Gasteiger partial charge in [0, 0.05) is 23.1 Å². The van der Waals surface area contributed by atoms with Crippen molar-refractivity contribution in [3.8, 4) is 11.3 Å². The fourth-order valence-corrected chi connectivity index (χ4v) is 5.17. The van der Waals surface area contributed by atoms with Gasteiger partial charge < -0.3 is 9.52 Å². The second-order valence-corrected chi connectivity index (χ2v) is 9.61. The van der Waals surface area contributed by atoms with Gasteiger partial charge in [0.25, 0.3) is 0 Å². The number of aromatic carboxylic acids is 1. The van der Waals surface area contributed by atoms with Crippen molar-refractivity contribution in [3.05, 3.63) is 98.2 Å². The molecule has 0 saturated heterocycles. The van der Waals surface area contributed by atoms with Crippen molar-refractivity contribution in [1.82, 2.24) is 0 Å². The lowest BCUT2D eigenvalue weighted by atomic mass is 9.56. The van der Waals surface area contributed by atoms with Gasteiger partial charge in [0.1, 0.15) is 11.3 Å². The molecule has 1 aliphatic carbocycles. The normalized spacial score (nSPS) is 13.3. The van der Waals surface area contributed by atoms with Crippen LogP contribution in [0.15, 0.2) is 63.8 Å². The van der Waals surface area contributed by atoms with Crippen molar-refractivity contribution in [1.29, 1.82) is 0 Å². The molecular weight excluding hydrogens is 475 g/mol. The number of benzene rings is 3. The van der Waals surface area contributed by atoms with Crippen LogP contribution in [0.5, 0.6) is 0 Å². The fourth-order valence-electron chi connectivity index (χ4n) is 5.17. The Morgan fingerprint density at radius 2 is 1.74 bits per heavy atom. The van der Waals surface area contributed by atoms with Crippen LogP contribution < -0.4 is 10.9 Å². The molecule has 1 radical (unpaired) electrons. The molecule has 1 aromatic heterocycles. The maximum atomic E-state index is 13.5. The molecule has 1 unspecified atom stereocenters. The molecule has 193 valence electrons. The lowest BCUT2D eigenvalue weighted by Crippen LogP contribution is -2.26. The quantitative estimate of drug-likeness (QED) is 0.316. The topological polar surface area (TPSA) is 84.6 Å². The van der Waals surface area contributed by atoms with Gasteiger partial charge in [-0.25, -0.2) is 4.79 Å². The van der Waals surface area contributed by atoms with E-state index in [0.29, 0.717) is 34.2 Å². The summed E-state index contributed by atoms with van der Waals surface area (Å²) in [5.74, 6) is -0.550. The minimum atomic E-state index is -0.988. The molecule has 0 bridgehead atoms. The van der Waals surface area contributed by atoms with Crippen LogP contribution in [-0.2, 0) is 6.42 Å². The summed E-state index contributed by atoms with van der Waals surface area (Å²) in [7, 11) is 1.89. The van der Waals surface area contributed by atoms with Gasteiger partial charge in [0.15, 0.2) is 18.5 Å². The van der Waals surface area contributed by atoms with Crippen LogP contribution in [0.2, 0.25) is 0 Å². The highest BCUT2D eigenvalue weighted by atomic mass is 16.4. The molecule has 4 aromatic rings. The number of carbonyl (C=O) groups excluding carboxylic acids is 1. The van der Waals surface area contributed by atoms with E-state index in [4.69, 9.17) is 4.42 Å². The number of carboxylic acids is 1. The molecule has 38 heavy (non-hydrogen) atoms. The van der Waals surface area contributed by atoms with Gasteiger partial charge in [0.05, 0.1) is 10.9 Å². The summed E-state index contributed by atoms with van der Waals surface area (Å²) in [6.07, 6.45) is 2.22. The zero-order chi connectivity index (χ0) is 27.6. The van der Waals surface area contributed by atoms with Crippen LogP contribution in [0.1, 0.15) is 82.4 Å². The number of ketones is 1. The van der Waals surface area contributed by atoms with Gasteiger partial charge in [-0.15, -0.1) is 0 Å². The Kier molecular flexibility index (Phi) is 8.01. The van der Waals surface area contributed by atoms with Crippen molar-refractivity contribution >= 4 is 35.5 Å². The van der Waals surface area contributed by atoms with E-state index in [-0.39, 0.29) is 22.6 Å². The van der Waals surface area contributed by atoms with E-state index in [2.05, 4.69) is 0 Å². The van der Waals surface area contributed by atoms with Gasteiger partial charge in [-0.05, 0) is 67.4 Å². The maximum absolute atomic E-state index is 13.5. The Bertz CT molecular complexity index is 1600. The fraction of sp³-hybridized carbons (Fsp3) is 0.281. The second kappa shape index (κ2) is 11.2. The predicted octanol–water partition coefficient (Wildman–Crippen LogP) is 6.41. The molecule has 1 N–H and O–H groups in total. The van der Waals surface area contributed by atoms with Crippen LogP contribution >= 0.6 is 0 Å². The summed E-state index contributed by atoms with van der Waals surface area (Å²) in [6.45, 7) is 9.67. The lowest BCUT2D eigenvalue weighted by molar-refractivity contribution is 0.0698. The molecule has 5 nitrogen and oxygen atoms in total. The summed E-state index contributed by atoms with van der Waals surface area (Å²) in [6, 6.07) is 16.4. The second-order valence-electron chi connectivity index (χ2n) is 9.61. The molecule has 3 aromatic carbocycles. The van der Waals surface area contributed by atoms with E-state index in [9.17, 15) is 19.5 Å². The number of carboxylic acid groups (broad SMARTS) is 1. The number of hydrogen-bond acceptors (Lipinski definition) is 4. The molecule has 0 spiro atoms. The molecule has 1 heterocycles. The summed E-state index contributed by atoms with van der Waals surface area (Å²) in [4.78, 5) is 37.5. The van der Waals surface area contributed by atoms with Gasteiger partial charge >= 0.3 is 5.97 Å². The first-order valence-corrected chi connectivity index (χ1v) is 13.2. The van der Waals surface area contributed by atoms with E-state index >= 15 is 0 Å². The number of carbonyl (C=O) groups is 2. The molecule has 1 aliphatic rings. The van der Waals surface area contributed by atoms with Crippen LogP contribution in [-0.4, -0.2) is 24.1 Å². The Morgan fingerprint density at radius 1 is 1.00 bits per heavy atom. The highest BCUT2D eigenvalue weighted by molar-refractivity contribution is 6.57. The van der Waals surface area contributed by atoms with Crippen molar-refractivity contribution in [2.45, 2.75) is 59.7 Å². The Hall–Kier alpha value is -3.93. The van der Waals surface area contributed by atoms with Crippen LogP contribution in [0, 0.1) is 13.8 Å². The minimum Gasteiger partial charge on any atom is -0.478 e. The molecule has 6 heteroatoms. The highest BCUT2D eigenvalue weighted by Crippen LogP contribution is 2.33. The van der Waals surface area contributed by atoms with E-state index in [1.54, 1.807) is 25.1 Å². The molecule has 0 fully saturated rings. The number of aryl methyl sites for hydroxylation is 2. The minimum absolute atomic E-state index is 0.0943. The number of fused-ring (bicyclic) bond motifs is 2. The van der Waals surface area contributed by atoms with E-state index < -0.39 is 5.97 Å². The average molecular weight is 507 g/mol. The van der Waals surface area contributed by atoms with Crippen LogP contribution in [0.4, 0.5) is 0 Å². The molecule has 5 rings (SSSR count). The highest BCUT2D eigenvalue weighted by Gasteiger charge is 2.23. The Morgan fingerprint density at radius 3 is 2.47 bits per heavy atom. The first-order valence-electron chi connectivity index (χ1n) is 13.2. The van der Waals surface area contributed by atoms with Crippen molar-refractivity contribution < 1.29 is 19.1 Å². The smallest absolute Gasteiger partial charge is 0.335 e.